The van der Waals surface area contributed by atoms with Crippen molar-refractivity contribution in [2.24, 2.45) is 0 Å². The van der Waals surface area contributed by atoms with Crippen LogP contribution in [0.1, 0.15) is 11.1 Å². The summed E-state index contributed by atoms with van der Waals surface area (Å²) in [5, 5.41) is 16.9. The molecule has 1 rings (SSSR count). The molecular formula is C12H12N2O3S. The Kier molecular flexibility index (Phi) is 4.73. The lowest BCUT2D eigenvalue weighted by molar-refractivity contribution is 0.350. The Bertz CT molecular complexity index is 634. The maximum Gasteiger partial charge on any atom is 0.246 e. The van der Waals surface area contributed by atoms with E-state index in [9.17, 15) is 8.42 Å². The van der Waals surface area contributed by atoms with Crippen molar-refractivity contribution in [3.05, 3.63) is 29.3 Å². The monoisotopic (exact) mass is 264 g/mol. The molecule has 5 nitrogen and oxygen atoms in total. The maximum absolute atomic E-state index is 11.4. The zero-order valence-electron chi connectivity index (χ0n) is 9.77. The van der Waals surface area contributed by atoms with Gasteiger partial charge in [0, 0.05) is 5.56 Å². The first-order chi connectivity index (χ1) is 8.48. The predicted molar refractivity (Wildman–Crippen MR) is 68.2 cm³/mol. The molecule has 1 aromatic rings. The Morgan fingerprint density at radius 3 is 2.72 bits per heavy atom. The van der Waals surface area contributed by atoms with Gasteiger partial charge in [-0.05, 0) is 30.7 Å². The van der Waals surface area contributed by atoms with Crippen LogP contribution in [0.25, 0.3) is 0 Å². The number of anilines is 1. The summed E-state index contributed by atoms with van der Waals surface area (Å²) in [6.45, 7) is 1.50. The quantitative estimate of drug-likeness (QED) is 0.782. The second-order valence-electron chi connectivity index (χ2n) is 3.51. The maximum atomic E-state index is 11.4. The highest BCUT2D eigenvalue weighted by Gasteiger charge is 2.10. The normalized spacial score (nSPS) is 10.1. The smallest absolute Gasteiger partial charge is 0.246 e. The Morgan fingerprint density at radius 2 is 2.17 bits per heavy atom. The van der Waals surface area contributed by atoms with Crippen molar-refractivity contribution in [3.8, 4) is 17.9 Å². The van der Waals surface area contributed by atoms with Gasteiger partial charge in [-0.25, -0.2) is 8.42 Å². The summed E-state index contributed by atoms with van der Waals surface area (Å²) in [7, 11) is -3.62. The van der Waals surface area contributed by atoms with Crippen molar-refractivity contribution in [2.75, 3.05) is 17.1 Å². The number of aryl methyl sites for hydroxylation is 1. The van der Waals surface area contributed by atoms with Gasteiger partial charge in [-0.15, -0.1) is 0 Å². The van der Waals surface area contributed by atoms with Crippen LogP contribution in [0.4, 0.5) is 5.69 Å². The van der Waals surface area contributed by atoms with Crippen molar-refractivity contribution < 1.29 is 13.5 Å². The molecule has 0 atom stereocenters. The predicted octanol–water partition coefficient (Wildman–Crippen LogP) is 0.604. The molecule has 0 aliphatic heterocycles. The standard InChI is InChI=1S/C12H12N2O3S/c1-10-9-11(3-2-7-15)4-5-12(10)14-18(16,17)8-6-13/h4-5,9,14-15H,7-8H2,1H3. The zero-order valence-corrected chi connectivity index (χ0v) is 10.6. The largest absolute Gasteiger partial charge is 0.384 e. The number of nitrogens with one attached hydrogen (secondary N) is 1. The van der Waals surface area contributed by atoms with Crippen molar-refractivity contribution in [1.82, 2.24) is 0 Å². The highest BCUT2D eigenvalue weighted by atomic mass is 32.2. The van der Waals surface area contributed by atoms with Crippen molar-refractivity contribution in [1.29, 1.82) is 5.26 Å². The van der Waals surface area contributed by atoms with E-state index in [-0.39, 0.29) is 6.61 Å². The van der Waals surface area contributed by atoms with Gasteiger partial charge in [-0.1, -0.05) is 11.8 Å². The van der Waals surface area contributed by atoms with Crippen LogP contribution >= 0.6 is 0 Å². The van der Waals surface area contributed by atoms with Crippen LogP contribution in [0.5, 0.6) is 0 Å². The van der Waals surface area contributed by atoms with Gasteiger partial charge in [-0.3, -0.25) is 4.72 Å². The van der Waals surface area contributed by atoms with Gasteiger partial charge in [0.2, 0.25) is 10.0 Å². The van der Waals surface area contributed by atoms with Crippen LogP contribution in [0.2, 0.25) is 0 Å². The molecule has 0 unspecified atom stereocenters. The van der Waals surface area contributed by atoms with Gasteiger partial charge in [0.25, 0.3) is 0 Å². The van der Waals surface area contributed by atoms with Crippen LogP contribution in [0.15, 0.2) is 18.2 Å². The second-order valence-corrected chi connectivity index (χ2v) is 5.23. The molecule has 0 heterocycles. The summed E-state index contributed by atoms with van der Waals surface area (Å²) in [6, 6.07) is 6.50. The number of hydrogen-bond acceptors (Lipinski definition) is 4. The number of aliphatic hydroxyl groups excluding tert-OH is 1. The lowest BCUT2D eigenvalue weighted by Gasteiger charge is -2.08. The summed E-state index contributed by atoms with van der Waals surface area (Å²) in [6.07, 6.45) is 0. The van der Waals surface area contributed by atoms with Crippen LogP contribution in [0, 0.1) is 30.1 Å². The number of sulfonamides is 1. The fourth-order valence-corrected chi connectivity index (χ4v) is 2.09. The first-order valence-electron chi connectivity index (χ1n) is 5.06. The SMILES string of the molecule is Cc1cc(C#CCO)ccc1NS(=O)(=O)CC#N. The van der Waals surface area contributed by atoms with Crippen LogP contribution in [-0.4, -0.2) is 25.9 Å². The summed E-state index contributed by atoms with van der Waals surface area (Å²) in [5.74, 6) is 4.64. The first-order valence-corrected chi connectivity index (χ1v) is 6.71. The summed E-state index contributed by atoms with van der Waals surface area (Å²) >= 11 is 0. The van der Waals surface area contributed by atoms with Crippen LogP contribution < -0.4 is 4.72 Å². The summed E-state index contributed by atoms with van der Waals surface area (Å²) in [5.41, 5.74) is 1.80. The van der Waals surface area contributed by atoms with Crippen molar-refractivity contribution in [3.63, 3.8) is 0 Å². The molecule has 0 fully saturated rings. The van der Waals surface area contributed by atoms with Crippen LogP contribution in [0.3, 0.4) is 0 Å². The van der Waals surface area contributed by atoms with E-state index in [1.807, 2.05) is 0 Å². The van der Waals surface area contributed by atoms with E-state index in [0.717, 1.165) is 0 Å². The van der Waals surface area contributed by atoms with Crippen molar-refractivity contribution >= 4 is 15.7 Å². The van der Waals surface area contributed by atoms with E-state index in [1.54, 1.807) is 31.2 Å². The minimum atomic E-state index is -3.62. The average Bonchev–Trinajstić information content (AvgIpc) is 2.29. The summed E-state index contributed by atoms with van der Waals surface area (Å²) in [4.78, 5) is 0. The van der Waals surface area contributed by atoms with Gasteiger partial charge >= 0.3 is 0 Å². The molecular weight excluding hydrogens is 252 g/mol. The molecule has 94 valence electrons. The molecule has 2 N–H and O–H groups in total. The van der Waals surface area contributed by atoms with Gasteiger partial charge in [0.1, 0.15) is 6.61 Å². The fraction of sp³-hybridized carbons (Fsp3) is 0.250. The third-order valence-corrected chi connectivity index (χ3v) is 3.10. The lowest BCUT2D eigenvalue weighted by Crippen LogP contribution is -2.16. The molecule has 0 bridgehead atoms. The van der Waals surface area contributed by atoms with E-state index < -0.39 is 15.8 Å². The molecule has 6 heteroatoms. The third-order valence-electron chi connectivity index (χ3n) is 2.06. The van der Waals surface area contributed by atoms with Gasteiger partial charge in [0.15, 0.2) is 5.75 Å². The average molecular weight is 264 g/mol. The number of aliphatic hydroxyl groups is 1. The van der Waals surface area contributed by atoms with Crippen molar-refractivity contribution in [2.45, 2.75) is 6.92 Å². The molecule has 0 saturated carbocycles. The van der Waals surface area contributed by atoms with E-state index in [0.29, 0.717) is 16.8 Å². The molecule has 0 radical (unpaired) electrons. The Balaban J connectivity index is 2.97. The Labute approximate surface area is 106 Å². The molecule has 0 aromatic heterocycles. The molecule has 0 aliphatic rings. The first kappa shape index (κ1) is 14.0. The van der Waals surface area contributed by atoms with E-state index in [1.165, 1.54) is 0 Å². The van der Waals surface area contributed by atoms with E-state index in [4.69, 9.17) is 10.4 Å². The number of hydrogen-bond donors (Lipinski definition) is 2. The highest BCUT2D eigenvalue weighted by molar-refractivity contribution is 7.92. The minimum Gasteiger partial charge on any atom is -0.384 e. The van der Waals surface area contributed by atoms with Crippen LogP contribution in [-0.2, 0) is 10.0 Å². The fourth-order valence-electron chi connectivity index (χ4n) is 1.29. The molecule has 0 aliphatic carbocycles. The van der Waals surface area contributed by atoms with E-state index >= 15 is 0 Å². The number of nitrogens with zero attached hydrogens (tertiary/aromatic N) is 1. The Hall–Kier alpha value is -2.02. The number of benzene rings is 1. The highest BCUT2D eigenvalue weighted by Crippen LogP contribution is 2.17. The topological polar surface area (TPSA) is 90.2 Å². The van der Waals surface area contributed by atoms with E-state index in [2.05, 4.69) is 16.6 Å². The molecule has 0 amide bonds. The molecule has 0 spiro atoms. The number of nitriles is 1. The second kappa shape index (κ2) is 6.06. The molecule has 1 aromatic carbocycles. The van der Waals surface area contributed by atoms with Gasteiger partial charge in [0.05, 0.1) is 11.8 Å². The zero-order chi connectivity index (χ0) is 13.6. The Morgan fingerprint density at radius 1 is 1.44 bits per heavy atom. The molecule has 18 heavy (non-hydrogen) atoms. The van der Waals surface area contributed by atoms with Gasteiger partial charge in [-0.2, -0.15) is 5.26 Å². The number of rotatable bonds is 3. The summed E-state index contributed by atoms with van der Waals surface area (Å²) < 4.78 is 25.2. The third kappa shape index (κ3) is 4.10. The minimum absolute atomic E-state index is 0.227. The lowest BCUT2D eigenvalue weighted by atomic mass is 10.1. The molecule has 0 saturated heterocycles. The van der Waals surface area contributed by atoms with Gasteiger partial charge < -0.3 is 5.11 Å².